The molecule has 6 heteroatoms. The second kappa shape index (κ2) is 8.76. The number of quaternary nitrogens is 1. The van der Waals surface area contributed by atoms with Crippen LogP contribution >= 0.6 is 0 Å². The van der Waals surface area contributed by atoms with Gasteiger partial charge < -0.3 is 9.64 Å². The van der Waals surface area contributed by atoms with Gasteiger partial charge in [-0.25, -0.2) is 8.42 Å². The number of likely N-dealkylation sites (tertiary alicyclic amines) is 1. The van der Waals surface area contributed by atoms with Crippen LogP contribution < -0.4 is 13.9 Å². The van der Waals surface area contributed by atoms with Crippen LogP contribution in [0.2, 0.25) is 0 Å². The summed E-state index contributed by atoms with van der Waals surface area (Å²) in [6, 6.07) is 14.3. The fraction of sp³-hybridized carbons (Fsp3) is 0.429. The van der Waals surface area contributed by atoms with E-state index < -0.39 is 10.0 Å². The maximum Gasteiger partial charge on any atom is 0.264 e. The average Bonchev–Trinajstić information content (AvgIpc) is 2.69. The first-order chi connectivity index (χ1) is 13.0. The van der Waals surface area contributed by atoms with Crippen molar-refractivity contribution in [2.24, 2.45) is 0 Å². The molecule has 0 saturated carbocycles. The Kier molecular flexibility index (Phi) is 6.39. The van der Waals surface area contributed by atoms with Crippen molar-refractivity contribution in [1.29, 1.82) is 0 Å². The Morgan fingerprint density at radius 3 is 2.19 bits per heavy atom. The van der Waals surface area contributed by atoms with Crippen molar-refractivity contribution in [1.82, 2.24) is 0 Å². The maximum atomic E-state index is 13.4. The van der Waals surface area contributed by atoms with E-state index in [2.05, 4.69) is 0 Å². The number of nitrogens with zero attached hydrogens (tertiary/aromatic N) is 1. The van der Waals surface area contributed by atoms with Crippen LogP contribution in [0.4, 0.5) is 5.69 Å². The van der Waals surface area contributed by atoms with Crippen molar-refractivity contribution in [2.75, 3.05) is 37.6 Å². The molecule has 1 saturated heterocycles. The lowest BCUT2D eigenvalue weighted by molar-refractivity contribution is -0.903. The molecule has 0 aliphatic carbocycles. The molecule has 3 rings (SSSR count). The summed E-state index contributed by atoms with van der Waals surface area (Å²) in [5.41, 5.74) is 1.72. The first kappa shape index (κ1) is 19.7. The van der Waals surface area contributed by atoms with Gasteiger partial charge in [0.2, 0.25) is 0 Å². The van der Waals surface area contributed by atoms with Gasteiger partial charge in [-0.2, -0.15) is 0 Å². The van der Waals surface area contributed by atoms with Crippen LogP contribution in [0.15, 0.2) is 53.4 Å². The summed E-state index contributed by atoms with van der Waals surface area (Å²) in [6.45, 7) is 5.49. The fourth-order valence-corrected chi connectivity index (χ4v) is 5.00. The second-order valence-electron chi connectivity index (χ2n) is 7.15. The van der Waals surface area contributed by atoms with Gasteiger partial charge in [0.05, 0.1) is 43.9 Å². The summed E-state index contributed by atoms with van der Waals surface area (Å²) >= 11 is 0. The third kappa shape index (κ3) is 4.82. The molecular weight excluding hydrogens is 360 g/mol. The van der Waals surface area contributed by atoms with Gasteiger partial charge in [-0.3, -0.25) is 4.31 Å². The average molecular weight is 390 g/mol. The smallest absolute Gasteiger partial charge is 0.264 e. The maximum absolute atomic E-state index is 13.4. The van der Waals surface area contributed by atoms with Crippen LogP contribution in [0.3, 0.4) is 0 Å². The lowest BCUT2D eigenvalue weighted by Crippen LogP contribution is -3.13. The van der Waals surface area contributed by atoms with Crippen LogP contribution in [0.25, 0.3) is 0 Å². The van der Waals surface area contributed by atoms with Gasteiger partial charge in [-0.05, 0) is 62.6 Å². The molecule has 1 fully saturated rings. The van der Waals surface area contributed by atoms with E-state index in [-0.39, 0.29) is 0 Å². The third-order valence-corrected chi connectivity index (χ3v) is 7.04. The highest BCUT2D eigenvalue weighted by molar-refractivity contribution is 7.92. The Hall–Kier alpha value is -2.05. The van der Waals surface area contributed by atoms with Crippen LogP contribution in [0.5, 0.6) is 5.75 Å². The van der Waals surface area contributed by atoms with Crippen LogP contribution in [0.1, 0.15) is 24.8 Å². The van der Waals surface area contributed by atoms with Gasteiger partial charge >= 0.3 is 0 Å². The van der Waals surface area contributed by atoms with Gasteiger partial charge in [0, 0.05) is 0 Å². The number of rotatable bonds is 7. The molecule has 0 bridgehead atoms. The largest absolute Gasteiger partial charge is 0.497 e. The molecule has 1 heterocycles. The minimum absolute atomic E-state index is 0.331. The van der Waals surface area contributed by atoms with Crippen molar-refractivity contribution in [3.05, 3.63) is 54.1 Å². The van der Waals surface area contributed by atoms with E-state index in [4.69, 9.17) is 4.74 Å². The summed E-state index contributed by atoms with van der Waals surface area (Å²) in [4.78, 5) is 1.82. The Labute approximate surface area is 162 Å². The molecule has 1 N–H and O–H groups in total. The number of methoxy groups -OCH3 is 1. The van der Waals surface area contributed by atoms with Crippen LogP contribution in [-0.2, 0) is 10.0 Å². The topological polar surface area (TPSA) is 51.1 Å². The van der Waals surface area contributed by atoms with Crippen LogP contribution in [0, 0.1) is 6.92 Å². The van der Waals surface area contributed by atoms with Crippen molar-refractivity contribution < 1.29 is 18.1 Å². The summed E-state index contributed by atoms with van der Waals surface area (Å²) in [5, 5.41) is 0. The van der Waals surface area contributed by atoms with Gasteiger partial charge in [0.1, 0.15) is 5.75 Å². The Bertz CT molecular complexity index is 827. The Morgan fingerprint density at radius 1 is 0.963 bits per heavy atom. The predicted molar refractivity (Wildman–Crippen MR) is 108 cm³/mol. The molecule has 0 atom stereocenters. The molecule has 1 aliphatic heterocycles. The number of piperidine rings is 1. The van der Waals surface area contributed by atoms with Gasteiger partial charge in [-0.1, -0.05) is 17.7 Å². The SMILES string of the molecule is COc1ccc(N(CC[NH+]2CCCCC2)S(=O)(=O)c2ccc(C)cc2)cc1. The first-order valence-corrected chi connectivity index (χ1v) is 11.0. The summed E-state index contributed by atoms with van der Waals surface area (Å²) in [5.74, 6) is 0.716. The van der Waals surface area contributed by atoms with Crippen molar-refractivity contribution in [3.63, 3.8) is 0 Å². The zero-order chi connectivity index (χ0) is 19.3. The molecule has 1 aliphatic rings. The molecule has 0 unspecified atom stereocenters. The van der Waals surface area contributed by atoms with E-state index in [0.29, 0.717) is 22.9 Å². The monoisotopic (exact) mass is 389 g/mol. The first-order valence-electron chi connectivity index (χ1n) is 9.58. The highest BCUT2D eigenvalue weighted by Crippen LogP contribution is 2.25. The zero-order valence-corrected chi connectivity index (χ0v) is 17.0. The fourth-order valence-electron chi connectivity index (χ4n) is 3.54. The van der Waals surface area contributed by atoms with Gasteiger partial charge in [-0.15, -0.1) is 0 Å². The Morgan fingerprint density at radius 2 is 1.59 bits per heavy atom. The normalized spacial score (nSPS) is 15.5. The second-order valence-corrected chi connectivity index (χ2v) is 9.01. The highest BCUT2D eigenvalue weighted by Gasteiger charge is 2.26. The van der Waals surface area contributed by atoms with E-state index in [1.54, 1.807) is 35.7 Å². The molecule has 5 nitrogen and oxygen atoms in total. The molecule has 0 amide bonds. The third-order valence-electron chi connectivity index (χ3n) is 5.20. The number of anilines is 1. The van der Waals surface area contributed by atoms with E-state index in [9.17, 15) is 8.42 Å². The number of aryl methyl sites for hydroxylation is 1. The zero-order valence-electron chi connectivity index (χ0n) is 16.1. The molecular formula is C21H29N2O3S+. The standard InChI is InChI=1S/C21H28N2O3S/c1-18-6-12-21(13-7-18)27(24,25)23(17-16-22-14-4-3-5-15-22)19-8-10-20(26-2)11-9-19/h6-13H,3-5,14-17H2,1-2H3/p+1. The van der Waals surface area contributed by atoms with E-state index in [1.807, 2.05) is 31.2 Å². The number of benzene rings is 2. The minimum atomic E-state index is -3.61. The number of sulfonamides is 1. The van der Waals surface area contributed by atoms with E-state index in [0.717, 1.165) is 25.2 Å². The number of nitrogens with one attached hydrogen (secondary N) is 1. The molecule has 2 aromatic rings. The van der Waals surface area contributed by atoms with Crippen molar-refractivity contribution in [3.8, 4) is 5.75 Å². The molecule has 27 heavy (non-hydrogen) atoms. The number of hydrogen-bond acceptors (Lipinski definition) is 3. The summed E-state index contributed by atoms with van der Waals surface area (Å²) in [7, 11) is -2.01. The molecule has 146 valence electrons. The quantitative estimate of drug-likeness (QED) is 0.790. The number of ether oxygens (including phenoxy) is 1. The van der Waals surface area contributed by atoms with Crippen LogP contribution in [-0.4, -0.2) is 41.7 Å². The van der Waals surface area contributed by atoms with Gasteiger partial charge in [0.15, 0.2) is 0 Å². The summed E-state index contributed by atoms with van der Waals surface area (Å²) < 4.78 is 33.5. The minimum Gasteiger partial charge on any atom is -0.497 e. The molecule has 0 radical (unpaired) electrons. The Balaban J connectivity index is 1.88. The molecule has 0 aromatic heterocycles. The number of hydrogen-bond donors (Lipinski definition) is 1. The van der Waals surface area contributed by atoms with Crippen molar-refractivity contribution >= 4 is 15.7 Å². The van der Waals surface area contributed by atoms with Gasteiger partial charge in [0.25, 0.3) is 10.0 Å². The molecule has 0 spiro atoms. The lowest BCUT2D eigenvalue weighted by atomic mass is 10.1. The molecule has 2 aromatic carbocycles. The summed E-state index contributed by atoms with van der Waals surface area (Å²) in [6.07, 6.45) is 3.73. The van der Waals surface area contributed by atoms with Crippen molar-refractivity contribution in [2.45, 2.75) is 31.1 Å². The predicted octanol–water partition coefficient (Wildman–Crippen LogP) is 2.27. The van der Waals surface area contributed by atoms with E-state index >= 15 is 0 Å². The lowest BCUT2D eigenvalue weighted by Gasteiger charge is -2.29. The highest BCUT2D eigenvalue weighted by atomic mass is 32.2. The van der Waals surface area contributed by atoms with E-state index in [1.165, 1.54) is 24.2 Å².